The number of halogens is 3. The highest BCUT2D eigenvalue weighted by Gasteiger charge is 2.37. The summed E-state index contributed by atoms with van der Waals surface area (Å²) in [5.41, 5.74) is 0.552. The second kappa shape index (κ2) is 4.79. The van der Waals surface area contributed by atoms with Gasteiger partial charge in [0.2, 0.25) is 0 Å². The molecule has 0 fully saturated rings. The molecule has 7 heteroatoms. The van der Waals surface area contributed by atoms with Gasteiger partial charge in [0.15, 0.2) is 9.84 Å². The van der Waals surface area contributed by atoms with E-state index in [-0.39, 0.29) is 10.6 Å². The zero-order chi connectivity index (χ0) is 14.3. The van der Waals surface area contributed by atoms with Crippen LogP contribution in [-0.4, -0.2) is 26.4 Å². The van der Waals surface area contributed by atoms with Gasteiger partial charge in [-0.3, -0.25) is 0 Å². The van der Waals surface area contributed by atoms with E-state index in [4.69, 9.17) is 0 Å². The number of hydrogen-bond donors (Lipinski definition) is 1. The average Bonchev–Trinajstić information content (AvgIpc) is 2.49. The van der Waals surface area contributed by atoms with Crippen molar-refractivity contribution in [2.75, 3.05) is 5.75 Å². The van der Waals surface area contributed by atoms with Gasteiger partial charge >= 0.3 is 6.18 Å². The summed E-state index contributed by atoms with van der Waals surface area (Å²) >= 11 is 0. The number of nitrogens with one attached hydrogen (secondary N) is 1. The highest BCUT2D eigenvalue weighted by Crippen LogP contribution is 2.34. The van der Waals surface area contributed by atoms with Crippen molar-refractivity contribution in [1.29, 1.82) is 0 Å². The summed E-state index contributed by atoms with van der Waals surface area (Å²) in [7, 11) is -3.39. The smallest absolute Gasteiger partial charge is 0.306 e. The molecule has 3 nitrogen and oxygen atoms in total. The number of rotatable bonds is 3. The van der Waals surface area contributed by atoms with Crippen molar-refractivity contribution in [2.45, 2.75) is 36.5 Å². The van der Waals surface area contributed by atoms with Gasteiger partial charge < -0.3 is 5.32 Å². The molecule has 19 heavy (non-hydrogen) atoms. The highest BCUT2D eigenvalue weighted by atomic mass is 32.2. The maximum Gasteiger partial charge on any atom is 0.390 e. The molecule has 1 aliphatic rings. The standard InChI is InChI=1S/C12H14F3NO2S/c1-8(6-12(13,14)15)16-10-7-19(17,18)11-5-3-2-4-9(10)11/h2-5,8,10,16H,6-7H2,1H3. The lowest BCUT2D eigenvalue weighted by Crippen LogP contribution is -2.35. The van der Waals surface area contributed by atoms with Gasteiger partial charge in [-0.25, -0.2) is 8.42 Å². The molecule has 2 unspecified atom stereocenters. The minimum absolute atomic E-state index is 0.186. The Morgan fingerprint density at radius 1 is 1.37 bits per heavy atom. The van der Waals surface area contributed by atoms with Crippen LogP contribution < -0.4 is 5.32 Å². The van der Waals surface area contributed by atoms with Crippen LogP contribution in [0, 0.1) is 0 Å². The highest BCUT2D eigenvalue weighted by molar-refractivity contribution is 7.91. The lowest BCUT2D eigenvalue weighted by Gasteiger charge is -2.20. The third-order valence-electron chi connectivity index (χ3n) is 3.04. The van der Waals surface area contributed by atoms with Gasteiger partial charge in [-0.15, -0.1) is 0 Å². The molecule has 2 atom stereocenters. The molecule has 0 saturated heterocycles. The van der Waals surface area contributed by atoms with Crippen molar-refractivity contribution in [2.24, 2.45) is 0 Å². The topological polar surface area (TPSA) is 46.2 Å². The summed E-state index contributed by atoms with van der Waals surface area (Å²) in [5.74, 6) is -0.186. The van der Waals surface area contributed by atoms with Crippen LogP contribution in [0.25, 0.3) is 0 Å². The van der Waals surface area contributed by atoms with E-state index in [0.717, 1.165) is 0 Å². The molecule has 1 heterocycles. The fourth-order valence-electron chi connectivity index (χ4n) is 2.34. The fraction of sp³-hybridized carbons (Fsp3) is 0.500. The van der Waals surface area contributed by atoms with Crippen molar-refractivity contribution in [3.63, 3.8) is 0 Å². The first kappa shape index (κ1) is 14.3. The van der Waals surface area contributed by atoms with Crippen molar-refractivity contribution in [3.05, 3.63) is 29.8 Å². The third kappa shape index (κ3) is 3.27. The Morgan fingerprint density at radius 2 is 2.00 bits per heavy atom. The van der Waals surface area contributed by atoms with Crippen LogP contribution in [0.2, 0.25) is 0 Å². The zero-order valence-electron chi connectivity index (χ0n) is 10.2. The SMILES string of the molecule is CC(CC(F)(F)F)NC1CS(=O)(=O)c2ccccc21. The van der Waals surface area contributed by atoms with E-state index in [2.05, 4.69) is 5.32 Å². The van der Waals surface area contributed by atoms with Crippen LogP contribution >= 0.6 is 0 Å². The minimum Gasteiger partial charge on any atom is -0.306 e. The van der Waals surface area contributed by atoms with Crippen LogP contribution in [-0.2, 0) is 9.84 Å². The van der Waals surface area contributed by atoms with Crippen molar-refractivity contribution in [1.82, 2.24) is 5.32 Å². The first-order valence-electron chi connectivity index (χ1n) is 5.83. The molecule has 106 valence electrons. The number of benzene rings is 1. The molecule has 1 aromatic carbocycles. The molecule has 1 aliphatic heterocycles. The number of alkyl halides is 3. The van der Waals surface area contributed by atoms with Crippen LogP contribution in [0.4, 0.5) is 13.2 Å². The Hall–Kier alpha value is -1.08. The molecule has 0 radical (unpaired) electrons. The van der Waals surface area contributed by atoms with E-state index >= 15 is 0 Å². The van der Waals surface area contributed by atoms with Crippen molar-refractivity contribution >= 4 is 9.84 Å². The summed E-state index contributed by atoms with van der Waals surface area (Å²) in [5, 5.41) is 2.75. The van der Waals surface area contributed by atoms with Gasteiger partial charge in [-0.05, 0) is 18.6 Å². The summed E-state index contributed by atoms with van der Waals surface area (Å²) < 4.78 is 60.5. The van der Waals surface area contributed by atoms with E-state index in [1.807, 2.05) is 0 Å². The van der Waals surface area contributed by atoms with Crippen LogP contribution in [0.15, 0.2) is 29.2 Å². The average molecular weight is 293 g/mol. The Morgan fingerprint density at radius 3 is 2.63 bits per heavy atom. The Balaban J connectivity index is 2.16. The monoisotopic (exact) mass is 293 g/mol. The van der Waals surface area contributed by atoms with E-state index in [1.165, 1.54) is 13.0 Å². The molecular weight excluding hydrogens is 279 g/mol. The van der Waals surface area contributed by atoms with E-state index in [0.29, 0.717) is 5.56 Å². The van der Waals surface area contributed by atoms with Gasteiger partial charge in [0.1, 0.15) is 0 Å². The van der Waals surface area contributed by atoms with Crippen molar-refractivity contribution < 1.29 is 21.6 Å². The molecule has 0 aromatic heterocycles. The van der Waals surface area contributed by atoms with Crippen molar-refractivity contribution in [3.8, 4) is 0 Å². The summed E-state index contributed by atoms with van der Waals surface area (Å²) in [4.78, 5) is 0.215. The largest absolute Gasteiger partial charge is 0.390 e. The summed E-state index contributed by atoms with van der Waals surface area (Å²) in [6.45, 7) is 1.40. The van der Waals surface area contributed by atoms with Gasteiger partial charge in [0.25, 0.3) is 0 Å². The maximum atomic E-state index is 12.3. The summed E-state index contributed by atoms with van der Waals surface area (Å²) in [6.07, 6.45) is -5.24. The van der Waals surface area contributed by atoms with Crippen LogP contribution in [0.5, 0.6) is 0 Å². The first-order valence-corrected chi connectivity index (χ1v) is 7.49. The summed E-state index contributed by atoms with van der Waals surface area (Å²) in [6, 6.07) is 5.02. The Bertz CT molecular complexity index is 569. The second-order valence-corrected chi connectivity index (χ2v) is 6.76. The van der Waals surface area contributed by atoms with Gasteiger partial charge in [0.05, 0.1) is 17.1 Å². The Labute approximate surface area is 109 Å². The predicted molar refractivity (Wildman–Crippen MR) is 64.5 cm³/mol. The number of sulfone groups is 1. The normalized spacial score (nSPS) is 23.1. The van der Waals surface area contributed by atoms with E-state index in [9.17, 15) is 21.6 Å². The molecule has 0 aliphatic carbocycles. The first-order chi connectivity index (χ1) is 8.69. The second-order valence-electron chi connectivity index (χ2n) is 4.76. The van der Waals surface area contributed by atoms with Crippen LogP contribution in [0.3, 0.4) is 0 Å². The fourth-order valence-corrected chi connectivity index (χ4v) is 4.09. The minimum atomic E-state index is -4.26. The van der Waals surface area contributed by atoms with Gasteiger partial charge in [-0.2, -0.15) is 13.2 Å². The number of fused-ring (bicyclic) bond motifs is 1. The van der Waals surface area contributed by atoms with Crippen LogP contribution in [0.1, 0.15) is 24.9 Å². The quantitative estimate of drug-likeness (QED) is 0.931. The molecule has 0 bridgehead atoms. The molecule has 1 N–H and O–H groups in total. The zero-order valence-corrected chi connectivity index (χ0v) is 11.1. The molecule has 2 rings (SSSR count). The Kier molecular flexibility index (Phi) is 3.61. The molecule has 0 saturated carbocycles. The number of hydrogen-bond acceptors (Lipinski definition) is 3. The molecule has 0 amide bonds. The lowest BCUT2D eigenvalue weighted by atomic mass is 10.1. The lowest BCUT2D eigenvalue weighted by molar-refractivity contribution is -0.139. The van der Waals surface area contributed by atoms with Gasteiger partial charge in [0, 0.05) is 12.1 Å². The predicted octanol–water partition coefficient (Wildman–Crippen LogP) is 2.45. The maximum absolute atomic E-state index is 12.3. The molecule has 1 aromatic rings. The molecule has 0 spiro atoms. The third-order valence-corrected chi connectivity index (χ3v) is 4.85. The van der Waals surface area contributed by atoms with E-state index < -0.39 is 34.5 Å². The molecular formula is C12H14F3NO2S. The van der Waals surface area contributed by atoms with Gasteiger partial charge in [-0.1, -0.05) is 18.2 Å². The van der Waals surface area contributed by atoms with E-state index in [1.54, 1.807) is 18.2 Å².